The van der Waals surface area contributed by atoms with E-state index in [-0.39, 0.29) is 17.5 Å². The first-order valence-electron chi connectivity index (χ1n) is 7.20. The molecule has 1 amide bonds. The number of aromatic nitrogens is 3. The van der Waals surface area contributed by atoms with E-state index in [2.05, 4.69) is 15.5 Å². The molecule has 0 saturated heterocycles. The number of benzene rings is 1. The molecule has 0 spiro atoms. The van der Waals surface area contributed by atoms with Crippen molar-refractivity contribution in [2.24, 2.45) is 0 Å². The molecule has 0 aliphatic rings. The van der Waals surface area contributed by atoms with E-state index in [1.807, 2.05) is 18.4 Å². The number of nitrogens with one attached hydrogen (secondary N) is 1. The Balaban J connectivity index is 2.06. The van der Waals surface area contributed by atoms with Crippen LogP contribution in [0.2, 0.25) is 0 Å². The largest absolute Gasteiger partial charge is 0.418 e. The van der Waals surface area contributed by atoms with Crippen LogP contribution in [0.15, 0.2) is 29.4 Å². The van der Waals surface area contributed by atoms with Crippen molar-refractivity contribution >= 4 is 23.4 Å². The van der Waals surface area contributed by atoms with Crippen molar-refractivity contribution in [1.82, 2.24) is 14.8 Å². The van der Waals surface area contributed by atoms with Crippen molar-refractivity contribution in [3.05, 3.63) is 35.7 Å². The number of carbonyl (C=O) groups is 1. The van der Waals surface area contributed by atoms with Gasteiger partial charge >= 0.3 is 6.18 Å². The number of hydrogen-bond donors (Lipinski definition) is 1. The average Bonchev–Trinajstić information content (AvgIpc) is 2.85. The van der Waals surface area contributed by atoms with Crippen LogP contribution < -0.4 is 5.32 Å². The van der Waals surface area contributed by atoms with E-state index in [0.717, 1.165) is 23.7 Å². The van der Waals surface area contributed by atoms with Gasteiger partial charge in [0.2, 0.25) is 5.91 Å². The second-order valence-corrected chi connectivity index (χ2v) is 6.32. The highest BCUT2D eigenvalue weighted by molar-refractivity contribution is 7.99. The van der Waals surface area contributed by atoms with Crippen LogP contribution in [0, 0.1) is 6.92 Å². The zero-order valence-corrected chi connectivity index (χ0v) is 14.2. The average molecular weight is 358 g/mol. The number of carbonyl (C=O) groups excluding carboxylic acids is 1. The molecule has 0 bridgehead atoms. The Morgan fingerprint density at radius 3 is 2.58 bits per heavy atom. The first-order chi connectivity index (χ1) is 11.2. The maximum absolute atomic E-state index is 12.9. The molecule has 2 rings (SSSR count). The van der Waals surface area contributed by atoms with Crippen molar-refractivity contribution < 1.29 is 18.0 Å². The molecule has 5 nitrogen and oxygen atoms in total. The third kappa shape index (κ3) is 4.28. The van der Waals surface area contributed by atoms with Gasteiger partial charge in [0, 0.05) is 6.04 Å². The molecule has 0 saturated carbocycles. The number of alkyl halides is 3. The van der Waals surface area contributed by atoms with Crippen molar-refractivity contribution in [1.29, 1.82) is 0 Å². The highest BCUT2D eigenvalue weighted by Crippen LogP contribution is 2.34. The summed E-state index contributed by atoms with van der Waals surface area (Å²) in [5.74, 6) is 0.125. The molecule has 0 unspecified atom stereocenters. The Morgan fingerprint density at radius 1 is 1.29 bits per heavy atom. The summed E-state index contributed by atoms with van der Waals surface area (Å²) >= 11 is 1.13. The number of hydrogen-bond acceptors (Lipinski definition) is 4. The SMILES string of the molecule is Cc1nnc(SCC(=O)Nc2ccccc2C(F)(F)F)n1C(C)C. The predicted molar refractivity (Wildman–Crippen MR) is 85.9 cm³/mol. The topological polar surface area (TPSA) is 59.8 Å². The van der Waals surface area contributed by atoms with E-state index in [1.165, 1.54) is 18.2 Å². The Kier molecular flexibility index (Phi) is 5.53. The fourth-order valence-corrected chi connectivity index (χ4v) is 3.11. The normalized spacial score (nSPS) is 11.8. The number of anilines is 1. The van der Waals surface area contributed by atoms with Gasteiger partial charge in [0.25, 0.3) is 0 Å². The monoisotopic (exact) mass is 358 g/mol. The van der Waals surface area contributed by atoms with Crippen LogP contribution in [-0.4, -0.2) is 26.4 Å². The van der Waals surface area contributed by atoms with Crippen LogP contribution in [0.25, 0.3) is 0 Å². The summed E-state index contributed by atoms with van der Waals surface area (Å²) in [6.07, 6.45) is -4.52. The van der Waals surface area contributed by atoms with Gasteiger partial charge in [0.15, 0.2) is 5.16 Å². The number of amides is 1. The standard InChI is InChI=1S/C15H17F3N4OS/c1-9(2)22-10(3)20-21-14(22)24-8-13(23)19-12-7-5-4-6-11(12)15(16,17)18/h4-7,9H,8H2,1-3H3,(H,19,23). The van der Waals surface area contributed by atoms with E-state index >= 15 is 0 Å². The van der Waals surface area contributed by atoms with Gasteiger partial charge in [-0.05, 0) is 32.9 Å². The molecule has 1 heterocycles. The fraction of sp³-hybridized carbons (Fsp3) is 0.400. The smallest absolute Gasteiger partial charge is 0.325 e. The van der Waals surface area contributed by atoms with Gasteiger partial charge < -0.3 is 9.88 Å². The van der Waals surface area contributed by atoms with Crippen LogP contribution in [-0.2, 0) is 11.0 Å². The number of rotatable bonds is 5. The summed E-state index contributed by atoms with van der Waals surface area (Å²) in [5.41, 5.74) is -1.12. The lowest BCUT2D eigenvalue weighted by Crippen LogP contribution is -2.18. The van der Waals surface area contributed by atoms with Crippen molar-refractivity contribution in [3.8, 4) is 0 Å². The quantitative estimate of drug-likeness (QED) is 0.823. The summed E-state index contributed by atoms with van der Waals surface area (Å²) in [6.45, 7) is 5.72. The van der Waals surface area contributed by atoms with E-state index in [4.69, 9.17) is 0 Å². The van der Waals surface area contributed by atoms with Gasteiger partial charge in [0.1, 0.15) is 5.82 Å². The third-order valence-electron chi connectivity index (χ3n) is 3.19. The van der Waals surface area contributed by atoms with Gasteiger partial charge in [-0.3, -0.25) is 4.79 Å². The maximum atomic E-state index is 12.9. The molecule has 0 radical (unpaired) electrons. The molecule has 9 heteroatoms. The van der Waals surface area contributed by atoms with Crippen molar-refractivity contribution in [2.45, 2.75) is 38.1 Å². The summed E-state index contributed by atoms with van der Waals surface area (Å²) in [7, 11) is 0. The number of thioether (sulfide) groups is 1. The lowest BCUT2D eigenvalue weighted by Gasteiger charge is -2.14. The van der Waals surface area contributed by atoms with Gasteiger partial charge in [-0.1, -0.05) is 23.9 Å². The van der Waals surface area contributed by atoms with Gasteiger partial charge in [0.05, 0.1) is 17.0 Å². The van der Waals surface area contributed by atoms with Gasteiger partial charge in [-0.15, -0.1) is 10.2 Å². The molecule has 1 N–H and O–H groups in total. The fourth-order valence-electron chi connectivity index (χ4n) is 2.20. The molecule has 0 aliphatic carbocycles. The van der Waals surface area contributed by atoms with Crippen molar-refractivity contribution in [2.75, 3.05) is 11.1 Å². The summed E-state index contributed by atoms with van der Waals surface area (Å²) in [5, 5.41) is 10.8. The molecule has 1 aromatic carbocycles. The minimum atomic E-state index is -4.52. The Morgan fingerprint density at radius 2 is 1.96 bits per heavy atom. The highest BCUT2D eigenvalue weighted by atomic mass is 32.2. The number of halogens is 3. The Hall–Kier alpha value is -2.03. The van der Waals surface area contributed by atoms with Gasteiger partial charge in [-0.2, -0.15) is 13.2 Å². The molecule has 2 aromatic rings. The van der Waals surface area contributed by atoms with Crippen LogP contribution >= 0.6 is 11.8 Å². The lowest BCUT2D eigenvalue weighted by molar-refractivity contribution is -0.137. The molecular weight excluding hydrogens is 341 g/mol. The van der Waals surface area contributed by atoms with Crippen LogP contribution in [0.1, 0.15) is 31.3 Å². The molecule has 0 atom stereocenters. The van der Waals surface area contributed by atoms with E-state index in [1.54, 1.807) is 6.92 Å². The minimum Gasteiger partial charge on any atom is -0.325 e. The Bertz CT molecular complexity index is 728. The zero-order chi connectivity index (χ0) is 17.9. The molecule has 24 heavy (non-hydrogen) atoms. The van der Waals surface area contributed by atoms with E-state index < -0.39 is 17.6 Å². The van der Waals surface area contributed by atoms with Crippen molar-refractivity contribution in [3.63, 3.8) is 0 Å². The Labute approximate surface area is 141 Å². The molecule has 0 fully saturated rings. The zero-order valence-electron chi connectivity index (χ0n) is 13.4. The number of nitrogens with zero attached hydrogens (tertiary/aromatic N) is 3. The summed E-state index contributed by atoms with van der Waals surface area (Å²) in [4.78, 5) is 12.0. The molecule has 130 valence electrons. The second kappa shape index (κ2) is 7.25. The predicted octanol–water partition coefficient (Wildman–Crippen LogP) is 3.92. The third-order valence-corrected chi connectivity index (χ3v) is 4.13. The summed E-state index contributed by atoms with van der Waals surface area (Å²) < 4.78 is 40.6. The maximum Gasteiger partial charge on any atom is 0.418 e. The minimum absolute atomic E-state index is 0.0585. The van der Waals surface area contributed by atoms with Crippen LogP contribution in [0.5, 0.6) is 0 Å². The summed E-state index contributed by atoms with van der Waals surface area (Å²) in [6, 6.07) is 5.00. The van der Waals surface area contributed by atoms with E-state index in [0.29, 0.717) is 5.16 Å². The molecule has 1 aromatic heterocycles. The number of para-hydroxylation sites is 1. The molecule has 0 aliphatic heterocycles. The first kappa shape index (κ1) is 18.3. The van der Waals surface area contributed by atoms with E-state index in [9.17, 15) is 18.0 Å². The number of aryl methyl sites for hydroxylation is 1. The van der Waals surface area contributed by atoms with Crippen LogP contribution in [0.3, 0.4) is 0 Å². The first-order valence-corrected chi connectivity index (χ1v) is 8.19. The van der Waals surface area contributed by atoms with Gasteiger partial charge in [-0.25, -0.2) is 0 Å². The van der Waals surface area contributed by atoms with Crippen LogP contribution in [0.4, 0.5) is 18.9 Å². The second-order valence-electron chi connectivity index (χ2n) is 5.37. The highest BCUT2D eigenvalue weighted by Gasteiger charge is 2.33. The lowest BCUT2D eigenvalue weighted by atomic mass is 10.1. The molecular formula is C15H17F3N4OS.